The van der Waals surface area contributed by atoms with Gasteiger partial charge in [-0.3, -0.25) is 4.79 Å². The molecule has 0 bridgehead atoms. The third kappa shape index (κ3) is 12.9. The van der Waals surface area contributed by atoms with Gasteiger partial charge in [-0.25, -0.2) is 4.79 Å². The minimum Gasteiger partial charge on any atom is -0.447 e. The van der Waals surface area contributed by atoms with Crippen LogP contribution in [0.25, 0.3) is 0 Å². The van der Waals surface area contributed by atoms with E-state index < -0.39 is 0 Å². The Bertz CT molecular complexity index is 415. The molecule has 0 saturated heterocycles. The number of thioether (sulfide) groups is 1. The third-order valence-electron chi connectivity index (χ3n) is 4.18. The lowest BCUT2D eigenvalue weighted by atomic mass is 9.95. The number of hydrogen-bond acceptors (Lipinski definition) is 6. The van der Waals surface area contributed by atoms with Gasteiger partial charge in [-0.2, -0.15) is 11.8 Å². The van der Waals surface area contributed by atoms with Gasteiger partial charge in [-0.1, -0.05) is 20.8 Å². The summed E-state index contributed by atoms with van der Waals surface area (Å²) in [4.78, 5) is 22.8. The molecule has 0 aliphatic heterocycles. The summed E-state index contributed by atoms with van der Waals surface area (Å²) in [6.07, 6.45) is 4.46. The first kappa shape index (κ1) is 24.0. The van der Waals surface area contributed by atoms with Crippen LogP contribution in [0, 0.1) is 0 Å². The molecule has 0 atom stereocenters. The fourth-order valence-electron chi connectivity index (χ4n) is 2.84. The number of rotatable bonds is 13. The zero-order chi connectivity index (χ0) is 19.9. The first-order valence-corrected chi connectivity index (χ1v) is 11.0. The minimum atomic E-state index is -0.360. The van der Waals surface area contributed by atoms with Gasteiger partial charge in [-0.05, 0) is 30.9 Å². The highest BCUT2D eigenvalue weighted by Crippen LogP contribution is 2.31. The average Bonchev–Trinajstić information content (AvgIpc) is 2.64. The molecule has 27 heavy (non-hydrogen) atoms. The van der Waals surface area contributed by atoms with Crippen LogP contribution in [0.3, 0.4) is 0 Å². The lowest BCUT2D eigenvalue weighted by molar-refractivity contribution is -0.121. The molecule has 0 heterocycles. The van der Waals surface area contributed by atoms with E-state index in [1.54, 1.807) is 0 Å². The van der Waals surface area contributed by atoms with Crippen LogP contribution in [-0.2, 0) is 19.0 Å². The van der Waals surface area contributed by atoms with E-state index in [9.17, 15) is 9.59 Å². The molecule has 0 aromatic rings. The molecule has 2 N–H and O–H groups in total. The molecular formula is C19H36N2O5S. The van der Waals surface area contributed by atoms with Crippen molar-refractivity contribution >= 4 is 23.8 Å². The SMILES string of the molecule is CCC(=O)NCCOCCOCCOC(=O)NC1CCC(SC(C)C)CC1. The summed E-state index contributed by atoms with van der Waals surface area (Å²) in [7, 11) is 0. The zero-order valence-electron chi connectivity index (χ0n) is 17.0. The highest BCUT2D eigenvalue weighted by molar-refractivity contribution is 8.00. The van der Waals surface area contributed by atoms with E-state index in [0.29, 0.717) is 44.6 Å². The van der Waals surface area contributed by atoms with Crippen molar-refractivity contribution in [2.75, 3.05) is 39.6 Å². The molecule has 8 heteroatoms. The molecule has 7 nitrogen and oxygen atoms in total. The molecule has 0 aromatic carbocycles. The van der Waals surface area contributed by atoms with Crippen molar-refractivity contribution in [2.24, 2.45) is 0 Å². The van der Waals surface area contributed by atoms with Gasteiger partial charge in [0.15, 0.2) is 0 Å². The molecule has 1 aliphatic carbocycles. The van der Waals surface area contributed by atoms with Crippen molar-refractivity contribution in [3.63, 3.8) is 0 Å². The molecule has 0 spiro atoms. The molecule has 2 amide bonds. The van der Waals surface area contributed by atoms with E-state index in [0.717, 1.165) is 30.9 Å². The van der Waals surface area contributed by atoms with Crippen LogP contribution >= 0.6 is 11.8 Å². The lowest BCUT2D eigenvalue weighted by Gasteiger charge is -2.29. The Morgan fingerprint density at radius 1 is 1.00 bits per heavy atom. The summed E-state index contributed by atoms with van der Waals surface area (Å²) in [6, 6.07) is 0.226. The van der Waals surface area contributed by atoms with E-state index in [4.69, 9.17) is 14.2 Å². The summed E-state index contributed by atoms with van der Waals surface area (Å²) >= 11 is 2.04. The number of carbonyl (C=O) groups is 2. The largest absolute Gasteiger partial charge is 0.447 e. The number of alkyl carbamates (subject to hydrolysis) is 1. The van der Waals surface area contributed by atoms with Gasteiger partial charge < -0.3 is 24.8 Å². The Balaban J connectivity index is 1.90. The molecule has 158 valence electrons. The van der Waals surface area contributed by atoms with Crippen LogP contribution in [0.1, 0.15) is 52.9 Å². The summed E-state index contributed by atoms with van der Waals surface area (Å²) in [5, 5.41) is 7.06. The molecule has 1 fully saturated rings. The summed E-state index contributed by atoms with van der Waals surface area (Å²) < 4.78 is 15.8. The van der Waals surface area contributed by atoms with E-state index in [2.05, 4.69) is 24.5 Å². The highest BCUT2D eigenvalue weighted by Gasteiger charge is 2.23. The molecule has 0 radical (unpaired) electrons. The monoisotopic (exact) mass is 404 g/mol. The second-order valence-corrected chi connectivity index (χ2v) is 8.75. The second kappa shape index (κ2) is 15.0. The predicted octanol–water partition coefficient (Wildman–Crippen LogP) is 2.72. The molecular weight excluding hydrogens is 368 g/mol. The summed E-state index contributed by atoms with van der Waals surface area (Å²) in [6.45, 7) is 8.71. The van der Waals surface area contributed by atoms with E-state index in [1.165, 1.54) is 0 Å². The van der Waals surface area contributed by atoms with E-state index in [-0.39, 0.29) is 24.6 Å². The van der Waals surface area contributed by atoms with Gasteiger partial charge in [0.1, 0.15) is 6.61 Å². The van der Waals surface area contributed by atoms with Gasteiger partial charge in [-0.15, -0.1) is 0 Å². The van der Waals surface area contributed by atoms with Crippen LogP contribution in [-0.4, -0.2) is 68.1 Å². The lowest BCUT2D eigenvalue weighted by Crippen LogP contribution is -2.39. The standard InChI is InChI=1S/C19H36N2O5S/c1-4-18(22)20-9-10-24-11-12-25-13-14-26-19(23)21-16-5-7-17(8-6-16)27-15(2)3/h15-17H,4-14H2,1-3H3,(H,20,22)(H,21,23). The molecule has 0 aromatic heterocycles. The fraction of sp³-hybridized carbons (Fsp3) is 0.895. The Kier molecular flexibility index (Phi) is 13.4. The van der Waals surface area contributed by atoms with Crippen LogP contribution in [0.5, 0.6) is 0 Å². The Morgan fingerprint density at radius 2 is 1.63 bits per heavy atom. The minimum absolute atomic E-state index is 0.0211. The number of nitrogens with one attached hydrogen (secondary N) is 2. The summed E-state index contributed by atoms with van der Waals surface area (Å²) in [5.74, 6) is 0.0211. The normalized spacial score (nSPS) is 19.7. The van der Waals surface area contributed by atoms with Crippen molar-refractivity contribution in [1.82, 2.24) is 10.6 Å². The quantitative estimate of drug-likeness (QED) is 0.459. The van der Waals surface area contributed by atoms with Gasteiger partial charge in [0.2, 0.25) is 5.91 Å². The van der Waals surface area contributed by atoms with Crippen LogP contribution in [0.4, 0.5) is 4.79 Å². The first-order valence-electron chi connectivity index (χ1n) is 10.0. The third-order valence-corrected chi connectivity index (χ3v) is 5.58. The van der Waals surface area contributed by atoms with E-state index >= 15 is 0 Å². The molecule has 1 saturated carbocycles. The van der Waals surface area contributed by atoms with Crippen molar-refractivity contribution < 1.29 is 23.8 Å². The smallest absolute Gasteiger partial charge is 0.407 e. The molecule has 1 aliphatic rings. The first-order chi connectivity index (χ1) is 13.0. The van der Waals surface area contributed by atoms with Gasteiger partial charge in [0, 0.05) is 24.3 Å². The van der Waals surface area contributed by atoms with Gasteiger partial charge in [0.05, 0.1) is 26.4 Å². The van der Waals surface area contributed by atoms with Crippen LogP contribution in [0.2, 0.25) is 0 Å². The number of carbonyl (C=O) groups excluding carboxylic acids is 2. The van der Waals surface area contributed by atoms with E-state index in [1.807, 2.05) is 18.7 Å². The number of hydrogen-bond donors (Lipinski definition) is 2. The fourth-order valence-corrected chi connectivity index (χ4v) is 4.15. The molecule has 0 unspecified atom stereocenters. The highest BCUT2D eigenvalue weighted by atomic mass is 32.2. The number of ether oxygens (including phenoxy) is 3. The summed E-state index contributed by atoms with van der Waals surface area (Å²) in [5.41, 5.74) is 0. The van der Waals surface area contributed by atoms with Gasteiger partial charge >= 0.3 is 6.09 Å². The topological polar surface area (TPSA) is 85.9 Å². The average molecular weight is 405 g/mol. The zero-order valence-corrected chi connectivity index (χ0v) is 17.8. The number of amides is 2. The maximum atomic E-state index is 11.8. The van der Waals surface area contributed by atoms with Crippen molar-refractivity contribution in [3.05, 3.63) is 0 Å². The maximum absolute atomic E-state index is 11.8. The maximum Gasteiger partial charge on any atom is 0.407 e. The molecule has 1 rings (SSSR count). The van der Waals surface area contributed by atoms with Gasteiger partial charge in [0.25, 0.3) is 0 Å². The van der Waals surface area contributed by atoms with Crippen molar-refractivity contribution in [2.45, 2.75) is 69.4 Å². The van der Waals surface area contributed by atoms with Crippen molar-refractivity contribution in [3.8, 4) is 0 Å². The second-order valence-electron chi connectivity index (χ2n) is 6.87. The Hall–Kier alpha value is -0.990. The predicted molar refractivity (Wildman–Crippen MR) is 108 cm³/mol. The van der Waals surface area contributed by atoms with Crippen LogP contribution < -0.4 is 10.6 Å². The Morgan fingerprint density at radius 3 is 2.26 bits per heavy atom. The van der Waals surface area contributed by atoms with Crippen molar-refractivity contribution in [1.29, 1.82) is 0 Å². The van der Waals surface area contributed by atoms with Crippen LogP contribution in [0.15, 0.2) is 0 Å². The Labute approximate surface area is 167 Å².